The molecule has 36 heavy (non-hydrogen) atoms. The summed E-state index contributed by atoms with van der Waals surface area (Å²) in [6.07, 6.45) is 20.4. The maximum Gasteiger partial charge on any atom is -1.00 e. The molecule has 202 valence electrons. The molecule has 0 aliphatic heterocycles. The molecule has 2 atom stereocenters. The van der Waals surface area contributed by atoms with E-state index in [1.54, 1.807) is 22.3 Å². The summed E-state index contributed by atoms with van der Waals surface area (Å²) in [5.41, 5.74) is 10.8. The van der Waals surface area contributed by atoms with Gasteiger partial charge < -0.3 is 24.8 Å². The van der Waals surface area contributed by atoms with Crippen LogP contribution in [-0.2, 0) is 24.4 Å². The van der Waals surface area contributed by atoms with Gasteiger partial charge >= 0.3 is 202 Å². The number of halogens is 2. The fourth-order valence-electron chi connectivity index (χ4n) is 7.36. The molecular weight excluding hydrogens is 591 g/mol. The molecule has 0 fully saturated rings. The molecule has 2 aromatic rings. The number of benzene rings is 2. The standard InChI is InChI=1S/C18H15.C9H13.4CH3.2ClH.2H2Si.Zr/c1-2-6-13(7-3-1)18-16-10-4-8-14(16)12-15-9-5-11-17(15)18;1-2-3-6-9-7-4-5-8-9;;;;;;;;;/h1-4,6-8,10,12H,5,9,11H2;4-5,7-8H,2-3,6H2,1H3;4*1H3;2*1H;2*1H2;/q;;;;;;;;;;-6/p-2. The Morgan fingerprint density at radius 2 is 1.61 bits per heavy atom. The predicted octanol–water partition coefficient (Wildman–Crippen LogP) is 1.98. The summed E-state index contributed by atoms with van der Waals surface area (Å²) in [6, 6.07) is 13.8. The van der Waals surface area contributed by atoms with Crippen molar-refractivity contribution in [2.24, 2.45) is 0 Å². The van der Waals surface area contributed by atoms with E-state index in [1.165, 1.54) is 55.2 Å². The third-order valence-corrected chi connectivity index (χ3v) is 41.8. The minimum absolute atomic E-state index is 0. The summed E-state index contributed by atoms with van der Waals surface area (Å²) < 4.78 is 12.0. The Morgan fingerprint density at radius 1 is 0.917 bits per heavy atom. The second kappa shape index (κ2) is 7.60. The number of hydrogen-bond donors (Lipinski definition) is 0. The molecule has 3 aliphatic rings. The smallest absolute Gasteiger partial charge is 1.00 e. The first-order chi connectivity index (χ1) is 15.5. The van der Waals surface area contributed by atoms with E-state index in [-0.39, 0.29) is 24.8 Å². The van der Waals surface area contributed by atoms with Crippen molar-refractivity contribution in [1.82, 2.24) is 0 Å². The van der Waals surface area contributed by atoms with Crippen LogP contribution in [0, 0.1) is 0 Å². The van der Waals surface area contributed by atoms with Gasteiger partial charge in [-0.15, -0.1) is 0 Å². The minimum Gasteiger partial charge on any atom is -1.00 e. The van der Waals surface area contributed by atoms with Gasteiger partial charge in [-0.2, -0.15) is 0 Å². The molecule has 2 aromatic carbocycles. The number of fused-ring (bicyclic) bond motifs is 2. The average Bonchev–Trinajstić information content (AvgIpc) is 3.49. The van der Waals surface area contributed by atoms with E-state index in [9.17, 15) is 0 Å². The van der Waals surface area contributed by atoms with Crippen molar-refractivity contribution in [1.29, 1.82) is 0 Å². The number of allylic oxidation sites excluding steroid dienone is 5. The fraction of sp³-hybridized carbons (Fsp3) is 0.419. The molecule has 5 heteroatoms. The molecule has 0 heterocycles. The van der Waals surface area contributed by atoms with E-state index in [0.717, 1.165) is 0 Å². The van der Waals surface area contributed by atoms with Crippen LogP contribution < -0.4 is 24.8 Å². The molecule has 0 saturated carbocycles. The number of unbranched alkanes of at least 4 members (excludes halogenated alkanes) is 1. The predicted molar refractivity (Wildman–Crippen MR) is 157 cm³/mol. The van der Waals surface area contributed by atoms with E-state index in [1.807, 2.05) is 0 Å². The molecule has 0 bridgehead atoms. The van der Waals surface area contributed by atoms with Gasteiger partial charge in [0.25, 0.3) is 0 Å². The zero-order chi connectivity index (χ0) is 24.6. The van der Waals surface area contributed by atoms with Gasteiger partial charge in [0, 0.05) is 0 Å². The van der Waals surface area contributed by atoms with Crippen LogP contribution in [0.5, 0.6) is 0 Å². The van der Waals surface area contributed by atoms with Crippen molar-refractivity contribution < 1.29 is 36.4 Å². The first-order valence-electron chi connectivity index (χ1n) is 13.6. The molecule has 0 aromatic heterocycles. The quantitative estimate of drug-likeness (QED) is 0.427. The Hall–Kier alpha value is -0.443. The third-order valence-electron chi connectivity index (χ3n) is 9.92. The maximum atomic E-state index is 2.76. The van der Waals surface area contributed by atoms with E-state index < -0.39 is 11.6 Å². The van der Waals surface area contributed by atoms with Crippen LogP contribution in [0.4, 0.5) is 0 Å². The first-order valence-corrected chi connectivity index (χ1v) is 38.1. The molecule has 0 amide bonds. The number of aryl methyl sites for hydroxylation is 1. The maximum absolute atomic E-state index is 4.86. The summed E-state index contributed by atoms with van der Waals surface area (Å²) in [6.45, 7) is 7.18. The number of hydrogen-bond acceptors (Lipinski definition) is 0. The van der Waals surface area contributed by atoms with Gasteiger partial charge in [0.2, 0.25) is 0 Å². The van der Waals surface area contributed by atoms with Crippen molar-refractivity contribution in [3.8, 4) is 11.1 Å². The van der Waals surface area contributed by atoms with Crippen molar-refractivity contribution >= 4 is 19.8 Å². The van der Waals surface area contributed by atoms with E-state index in [0.29, 0.717) is 7.25 Å². The second-order valence-electron chi connectivity index (χ2n) is 17.5. The largest absolute Gasteiger partial charge is 1.00 e. The molecule has 0 nitrogen and oxygen atoms in total. The van der Waals surface area contributed by atoms with Crippen molar-refractivity contribution in [3.05, 3.63) is 88.5 Å². The van der Waals surface area contributed by atoms with Crippen LogP contribution in [0.1, 0.15) is 58.5 Å². The van der Waals surface area contributed by atoms with Crippen molar-refractivity contribution in [2.75, 3.05) is 0 Å². The van der Waals surface area contributed by atoms with Crippen LogP contribution in [0.3, 0.4) is 0 Å². The zero-order valence-electron chi connectivity index (χ0n) is 22.9. The van der Waals surface area contributed by atoms with Crippen LogP contribution in [-0.4, -0.2) is 13.8 Å². The van der Waals surface area contributed by atoms with Gasteiger partial charge in [-0.05, 0) is 0 Å². The van der Waals surface area contributed by atoms with Crippen LogP contribution in [0.2, 0.25) is 22.2 Å². The van der Waals surface area contributed by atoms with Crippen LogP contribution >= 0.6 is 0 Å². The van der Waals surface area contributed by atoms with E-state index in [2.05, 4.69) is 106 Å². The summed E-state index contributed by atoms with van der Waals surface area (Å²) in [7, 11) is 0. The van der Waals surface area contributed by atoms with E-state index in [4.69, 9.17) is 0 Å². The molecule has 5 rings (SSSR count). The summed E-state index contributed by atoms with van der Waals surface area (Å²) in [5, 5.41) is 0. The van der Waals surface area contributed by atoms with Gasteiger partial charge in [-0.1, -0.05) is 0 Å². The Bertz CT molecular complexity index is 1580. The molecule has 0 radical (unpaired) electrons. The molecular formula is C31H44Cl2Si2Zr-8. The number of rotatable bonds is 6. The van der Waals surface area contributed by atoms with Gasteiger partial charge in [0.05, 0.1) is 0 Å². The molecule has 0 N–H and O–H groups in total. The fourth-order valence-corrected chi connectivity index (χ4v) is 29.9. The monoisotopic (exact) mass is 632 g/mol. The summed E-state index contributed by atoms with van der Waals surface area (Å²) in [4.78, 5) is 0. The van der Waals surface area contributed by atoms with Crippen LogP contribution in [0.25, 0.3) is 17.2 Å². The Kier molecular flexibility index (Phi) is 6.35. The Morgan fingerprint density at radius 3 is 2.28 bits per heavy atom. The molecule has 0 saturated heterocycles. The van der Waals surface area contributed by atoms with Gasteiger partial charge in [-0.25, -0.2) is 0 Å². The topological polar surface area (TPSA) is 0 Å². The third kappa shape index (κ3) is 4.64. The second-order valence-corrected chi connectivity index (χ2v) is 122. The zero-order valence-corrected chi connectivity index (χ0v) is 29.7. The van der Waals surface area contributed by atoms with Gasteiger partial charge in [0.15, 0.2) is 0 Å². The van der Waals surface area contributed by atoms with E-state index >= 15 is 0 Å². The van der Waals surface area contributed by atoms with Gasteiger partial charge in [-0.3, -0.25) is 0 Å². The summed E-state index contributed by atoms with van der Waals surface area (Å²) >= 11 is -4.86. The Labute approximate surface area is 225 Å². The van der Waals surface area contributed by atoms with Crippen LogP contribution in [0.15, 0.2) is 66.3 Å². The summed E-state index contributed by atoms with van der Waals surface area (Å²) in [5.74, 6) is 0. The minimum atomic E-state index is -4.86. The first kappa shape index (κ1) is 30.1. The van der Waals surface area contributed by atoms with Gasteiger partial charge in [0.1, 0.15) is 0 Å². The Balaban J connectivity index is 0.00000180. The normalized spacial score (nSPS) is 24.2. The van der Waals surface area contributed by atoms with Crippen molar-refractivity contribution in [2.45, 2.75) is 71.2 Å². The SMILES string of the molecule is CCCCC1=C[CH]([Zr-6]([CH3])([CH3])([CH3])([CH3])(=[SiH2])(=[SiH2])[CH]2C=Cc3c2cc2c(c3-c3ccccc3)CCC2)C=C1.[Cl-].[Cl-]. The molecule has 3 aliphatic carbocycles. The molecule has 0 spiro atoms. The molecule has 2 unspecified atom stereocenters. The average molecular weight is 635 g/mol. The van der Waals surface area contributed by atoms with Crippen molar-refractivity contribution in [3.63, 3.8) is 0 Å².